The van der Waals surface area contributed by atoms with E-state index >= 15 is 0 Å². The van der Waals surface area contributed by atoms with Gasteiger partial charge in [0, 0.05) is 41.1 Å². The van der Waals surface area contributed by atoms with Crippen LogP contribution in [0.5, 0.6) is 0 Å². The smallest absolute Gasteiger partial charge is 0.0439 e. The van der Waals surface area contributed by atoms with Crippen molar-refractivity contribution in [2.45, 2.75) is 13.5 Å². The molecule has 0 saturated heterocycles. The van der Waals surface area contributed by atoms with Gasteiger partial charge in [-0.15, -0.1) is 0 Å². The summed E-state index contributed by atoms with van der Waals surface area (Å²) >= 11 is 0. The van der Waals surface area contributed by atoms with Gasteiger partial charge in [0.2, 0.25) is 0 Å². The first kappa shape index (κ1) is 12.5. The summed E-state index contributed by atoms with van der Waals surface area (Å²) in [6, 6.07) is 14.4. The summed E-state index contributed by atoms with van der Waals surface area (Å²) in [5.41, 5.74) is 10.4. The van der Waals surface area contributed by atoms with Crippen molar-refractivity contribution in [3.05, 3.63) is 66.0 Å². The van der Waals surface area contributed by atoms with Gasteiger partial charge >= 0.3 is 0 Å². The van der Waals surface area contributed by atoms with E-state index in [0.29, 0.717) is 0 Å². The van der Waals surface area contributed by atoms with Crippen LogP contribution in [0.4, 0.5) is 11.4 Å². The molecule has 3 rings (SSSR count). The van der Waals surface area contributed by atoms with Crippen LogP contribution in [0.3, 0.4) is 0 Å². The second-order valence-electron chi connectivity index (χ2n) is 4.96. The van der Waals surface area contributed by atoms with Crippen LogP contribution >= 0.6 is 0 Å². The van der Waals surface area contributed by atoms with Gasteiger partial charge in [-0.1, -0.05) is 29.8 Å². The molecule has 0 spiro atoms. The summed E-state index contributed by atoms with van der Waals surface area (Å²) in [5, 5.41) is 5.55. The summed E-state index contributed by atoms with van der Waals surface area (Å²) in [6.45, 7) is 2.88. The van der Waals surface area contributed by atoms with E-state index in [2.05, 4.69) is 41.5 Å². The summed E-state index contributed by atoms with van der Waals surface area (Å²) in [7, 11) is 0. The van der Waals surface area contributed by atoms with Crippen molar-refractivity contribution in [1.82, 2.24) is 4.98 Å². The van der Waals surface area contributed by atoms with Gasteiger partial charge in [0.15, 0.2) is 0 Å². The Morgan fingerprint density at radius 2 is 1.80 bits per heavy atom. The van der Waals surface area contributed by atoms with Crippen molar-refractivity contribution in [2.24, 2.45) is 0 Å². The van der Waals surface area contributed by atoms with Gasteiger partial charge in [0.1, 0.15) is 0 Å². The number of nitrogens with two attached hydrogens (primary N) is 1. The van der Waals surface area contributed by atoms with Gasteiger partial charge in [0.25, 0.3) is 0 Å². The number of aromatic nitrogens is 1. The maximum absolute atomic E-state index is 5.99. The maximum atomic E-state index is 5.99. The highest BCUT2D eigenvalue weighted by molar-refractivity contribution is 6.00. The van der Waals surface area contributed by atoms with Gasteiger partial charge in [0.05, 0.1) is 0 Å². The van der Waals surface area contributed by atoms with Crippen LogP contribution in [0.2, 0.25) is 0 Å². The fourth-order valence-corrected chi connectivity index (χ4v) is 2.27. The fourth-order valence-electron chi connectivity index (χ4n) is 2.27. The molecular weight excluding hydrogens is 246 g/mol. The fraction of sp³-hybridized carbons (Fsp3) is 0.118. The Morgan fingerprint density at radius 3 is 2.60 bits per heavy atom. The van der Waals surface area contributed by atoms with E-state index in [1.165, 1.54) is 11.1 Å². The Balaban J connectivity index is 1.88. The normalized spacial score (nSPS) is 10.7. The molecule has 0 aliphatic carbocycles. The molecule has 0 atom stereocenters. The molecule has 0 saturated carbocycles. The predicted molar refractivity (Wildman–Crippen MR) is 84.7 cm³/mol. The van der Waals surface area contributed by atoms with E-state index in [4.69, 9.17) is 5.73 Å². The number of aryl methyl sites for hydroxylation is 1. The molecule has 3 N–H and O–H groups in total. The number of pyridine rings is 1. The SMILES string of the molecule is Cc1ccc(CNc2ccc(N)c3ccncc23)cc1. The van der Waals surface area contributed by atoms with Crippen LogP contribution in [0.25, 0.3) is 10.8 Å². The minimum atomic E-state index is 0.781. The molecule has 0 unspecified atom stereocenters. The molecule has 0 aliphatic rings. The molecule has 0 bridgehead atoms. The van der Waals surface area contributed by atoms with E-state index in [9.17, 15) is 0 Å². The van der Waals surface area contributed by atoms with E-state index < -0.39 is 0 Å². The lowest BCUT2D eigenvalue weighted by Crippen LogP contribution is -2.01. The van der Waals surface area contributed by atoms with Crippen LogP contribution < -0.4 is 11.1 Å². The number of fused-ring (bicyclic) bond motifs is 1. The largest absolute Gasteiger partial charge is 0.398 e. The quantitative estimate of drug-likeness (QED) is 0.708. The molecule has 20 heavy (non-hydrogen) atoms. The molecule has 2 aromatic carbocycles. The number of nitrogens with one attached hydrogen (secondary N) is 1. The van der Waals surface area contributed by atoms with E-state index in [1.807, 2.05) is 24.4 Å². The number of rotatable bonds is 3. The van der Waals surface area contributed by atoms with Gasteiger partial charge in [-0.2, -0.15) is 0 Å². The maximum Gasteiger partial charge on any atom is 0.0439 e. The second kappa shape index (κ2) is 5.21. The molecule has 1 aromatic heterocycles. The van der Waals surface area contributed by atoms with Crippen molar-refractivity contribution in [3.8, 4) is 0 Å². The molecule has 3 heteroatoms. The van der Waals surface area contributed by atoms with Gasteiger partial charge in [-0.25, -0.2) is 0 Å². The topological polar surface area (TPSA) is 50.9 Å². The minimum absolute atomic E-state index is 0.781. The van der Waals surface area contributed by atoms with Crippen molar-refractivity contribution < 1.29 is 0 Å². The number of anilines is 2. The average Bonchev–Trinajstić information content (AvgIpc) is 2.49. The Kier molecular flexibility index (Phi) is 3.25. The summed E-state index contributed by atoms with van der Waals surface area (Å²) in [5.74, 6) is 0. The van der Waals surface area contributed by atoms with Crippen LogP contribution in [0.1, 0.15) is 11.1 Å². The number of benzene rings is 2. The van der Waals surface area contributed by atoms with Crippen LogP contribution in [0.15, 0.2) is 54.9 Å². The highest BCUT2D eigenvalue weighted by Gasteiger charge is 2.03. The van der Waals surface area contributed by atoms with Crippen molar-refractivity contribution in [2.75, 3.05) is 11.1 Å². The third-order valence-corrected chi connectivity index (χ3v) is 3.46. The Bertz CT molecular complexity index is 733. The number of hydrogen-bond donors (Lipinski definition) is 2. The molecule has 0 amide bonds. The van der Waals surface area contributed by atoms with Crippen molar-refractivity contribution in [1.29, 1.82) is 0 Å². The lowest BCUT2D eigenvalue weighted by molar-refractivity contribution is 1.15. The molecule has 0 fully saturated rings. The molecule has 0 radical (unpaired) electrons. The summed E-state index contributed by atoms with van der Waals surface area (Å²) in [6.07, 6.45) is 3.62. The zero-order chi connectivity index (χ0) is 13.9. The third-order valence-electron chi connectivity index (χ3n) is 3.46. The highest BCUT2D eigenvalue weighted by atomic mass is 14.9. The van der Waals surface area contributed by atoms with Gasteiger partial charge < -0.3 is 11.1 Å². The zero-order valence-electron chi connectivity index (χ0n) is 11.4. The molecule has 1 heterocycles. The predicted octanol–water partition coefficient (Wildman–Crippen LogP) is 3.74. The lowest BCUT2D eigenvalue weighted by atomic mass is 10.1. The molecule has 3 nitrogen and oxygen atoms in total. The van der Waals surface area contributed by atoms with E-state index in [1.54, 1.807) is 6.20 Å². The second-order valence-corrected chi connectivity index (χ2v) is 4.96. The van der Waals surface area contributed by atoms with Crippen LogP contribution in [-0.4, -0.2) is 4.98 Å². The highest BCUT2D eigenvalue weighted by Crippen LogP contribution is 2.27. The van der Waals surface area contributed by atoms with E-state index in [-0.39, 0.29) is 0 Å². The van der Waals surface area contributed by atoms with E-state index in [0.717, 1.165) is 28.7 Å². The molecule has 100 valence electrons. The first-order valence-corrected chi connectivity index (χ1v) is 6.65. The molecular formula is C17H17N3. The monoisotopic (exact) mass is 263 g/mol. The first-order valence-electron chi connectivity index (χ1n) is 6.65. The summed E-state index contributed by atoms with van der Waals surface area (Å²) in [4.78, 5) is 4.19. The Hall–Kier alpha value is -2.55. The van der Waals surface area contributed by atoms with Crippen molar-refractivity contribution >= 4 is 22.1 Å². The standard InChI is InChI=1S/C17H17N3/c1-12-2-4-13(5-3-12)10-20-17-7-6-16(18)14-8-9-19-11-15(14)17/h2-9,11,20H,10,18H2,1H3. The average molecular weight is 263 g/mol. The zero-order valence-corrected chi connectivity index (χ0v) is 11.4. The van der Waals surface area contributed by atoms with Gasteiger partial charge in [-0.3, -0.25) is 4.98 Å². The first-order chi connectivity index (χ1) is 9.74. The van der Waals surface area contributed by atoms with Crippen LogP contribution in [-0.2, 0) is 6.54 Å². The van der Waals surface area contributed by atoms with Gasteiger partial charge in [-0.05, 0) is 30.7 Å². The number of nitrogen functional groups attached to an aromatic ring is 1. The molecule has 0 aliphatic heterocycles. The Morgan fingerprint density at radius 1 is 1.00 bits per heavy atom. The summed E-state index contributed by atoms with van der Waals surface area (Å²) < 4.78 is 0. The van der Waals surface area contributed by atoms with Crippen molar-refractivity contribution in [3.63, 3.8) is 0 Å². The number of nitrogens with zero attached hydrogens (tertiary/aromatic N) is 1. The minimum Gasteiger partial charge on any atom is -0.398 e. The lowest BCUT2D eigenvalue weighted by Gasteiger charge is -2.11. The number of hydrogen-bond acceptors (Lipinski definition) is 3. The Labute approximate surface area is 118 Å². The third kappa shape index (κ3) is 2.43. The molecule has 3 aromatic rings. The van der Waals surface area contributed by atoms with Crippen LogP contribution in [0, 0.1) is 6.92 Å².